The van der Waals surface area contributed by atoms with Crippen molar-refractivity contribution in [3.05, 3.63) is 91.5 Å². The lowest BCUT2D eigenvalue weighted by Gasteiger charge is -2.09. The molecule has 0 aliphatic rings. The molecule has 0 radical (unpaired) electrons. The van der Waals surface area contributed by atoms with Crippen LogP contribution >= 0.6 is 0 Å². The number of rotatable bonds is 7. The summed E-state index contributed by atoms with van der Waals surface area (Å²) >= 11 is 0. The molecule has 3 nitrogen and oxygen atoms in total. The van der Waals surface area contributed by atoms with Gasteiger partial charge in [-0.3, -0.25) is 0 Å². The highest BCUT2D eigenvalue weighted by Gasteiger charge is 2.01. The van der Waals surface area contributed by atoms with Gasteiger partial charge in [0.1, 0.15) is 17.2 Å². The van der Waals surface area contributed by atoms with E-state index in [9.17, 15) is 4.39 Å². The Bertz CT molecular complexity index is 812. The minimum atomic E-state index is -0.827. The summed E-state index contributed by atoms with van der Waals surface area (Å²) in [6.45, 7) is 3.21. The zero-order valence-corrected chi connectivity index (χ0v) is 13.5. The molecule has 0 aliphatic heterocycles. The summed E-state index contributed by atoms with van der Waals surface area (Å²) in [5, 5.41) is 0. The lowest BCUT2D eigenvalue weighted by Crippen LogP contribution is -2.05. The van der Waals surface area contributed by atoms with Gasteiger partial charge in [-0.05, 0) is 54.1 Å². The van der Waals surface area contributed by atoms with Gasteiger partial charge in [0.15, 0.2) is 0 Å². The first-order valence-electron chi connectivity index (χ1n) is 7.74. The van der Waals surface area contributed by atoms with E-state index < -0.39 is 6.01 Å². The highest BCUT2D eigenvalue weighted by molar-refractivity contribution is 5.64. The molecule has 0 atom stereocenters. The zero-order chi connectivity index (χ0) is 17.5. The van der Waals surface area contributed by atoms with Gasteiger partial charge in [-0.15, -0.1) is 0 Å². The van der Waals surface area contributed by atoms with Gasteiger partial charge in [0.05, 0.1) is 0 Å². The molecule has 0 saturated carbocycles. The lowest BCUT2D eigenvalue weighted by atomic mass is 10.1. The Kier molecular flexibility index (Phi) is 5.32. The molecule has 0 amide bonds. The second-order valence-corrected chi connectivity index (χ2v) is 5.23. The first-order chi connectivity index (χ1) is 12.2. The smallest absolute Gasteiger partial charge is 0.270 e. The van der Waals surface area contributed by atoms with Gasteiger partial charge in [0, 0.05) is 0 Å². The summed E-state index contributed by atoms with van der Waals surface area (Å²) in [4.78, 5) is 0. The third-order valence-electron chi connectivity index (χ3n) is 3.46. The van der Waals surface area contributed by atoms with E-state index in [0.29, 0.717) is 11.5 Å². The Morgan fingerprint density at radius 3 is 1.68 bits per heavy atom. The molecule has 0 unspecified atom stereocenters. The quantitative estimate of drug-likeness (QED) is 0.416. The molecule has 3 rings (SSSR count). The van der Waals surface area contributed by atoms with E-state index in [0.717, 1.165) is 16.9 Å². The monoisotopic (exact) mass is 336 g/mol. The van der Waals surface area contributed by atoms with Gasteiger partial charge < -0.3 is 14.2 Å². The highest BCUT2D eigenvalue weighted by Crippen LogP contribution is 2.25. The molecule has 0 bridgehead atoms. The summed E-state index contributed by atoms with van der Waals surface area (Å²) in [6, 6.07) is 23.4. The fourth-order valence-electron chi connectivity index (χ4n) is 2.27. The Morgan fingerprint density at radius 2 is 1.16 bits per heavy atom. The van der Waals surface area contributed by atoms with Crippen LogP contribution in [0.3, 0.4) is 0 Å². The number of para-hydroxylation sites is 1. The van der Waals surface area contributed by atoms with E-state index in [1.165, 1.54) is 0 Å². The molecule has 0 saturated heterocycles. The fourth-order valence-corrected chi connectivity index (χ4v) is 2.27. The SMILES string of the molecule is C=C(F)Oc1ccc(-c2ccc(OCOc3ccccc3)cc2)cc1. The topological polar surface area (TPSA) is 27.7 Å². The number of benzene rings is 3. The maximum atomic E-state index is 12.6. The molecule has 4 heteroatoms. The average Bonchev–Trinajstić information content (AvgIpc) is 2.63. The Balaban J connectivity index is 1.57. The predicted octanol–water partition coefficient (Wildman–Crippen LogP) is 5.59. The zero-order valence-electron chi connectivity index (χ0n) is 13.5. The van der Waals surface area contributed by atoms with Crippen molar-refractivity contribution >= 4 is 0 Å². The van der Waals surface area contributed by atoms with Crippen LogP contribution in [-0.4, -0.2) is 6.79 Å². The number of halogens is 1. The van der Waals surface area contributed by atoms with Crippen molar-refractivity contribution < 1.29 is 18.6 Å². The van der Waals surface area contributed by atoms with Crippen molar-refractivity contribution in [1.29, 1.82) is 0 Å². The second kappa shape index (κ2) is 8.02. The Labute approximate surface area is 145 Å². The van der Waals surface area contributed by atoms with Gasteiger partial charge in [-0.2, -0.15) is 4.39 Å². The van der Waals surface area contributed by atoms with E-state index in [-0.39, 0.29) is 6.79 Å². The second-order valence-electron chi connectivity index (χ2n) is 5.23. The van der Waals surface area contributed by atoms with Crippen molar-refractivity contribution in [2.45, 2.75) is 0 Å². The molecule has 0 spiro atoms. The molecule has 0 N–H and O–H groups in total. The number of hydrogen-bond donors (Lipinski definition) is 0. The van der Waals surface area contributed by atoms with Crippen molar-refractivity contribution in [2.24, 2.45) is 0 Å². The van der Waals surface area contributed by atoms with Gasteiger partial charge in [-0.1, -0.05) is 42.5 Å². The Morgan fingerprint density at radius 1 is 0.680 bits per heavy atom. The largest absolute Gasteiger partial charge is 0.458 e. The normalized spacial score (nSPS) is 10.1. The summed E-state index contributed by atoms with van der Waals surface area (Å²) in [5.41, 5.74) is 2.01. The highest BCUT2D eigenvalue weighted by atomic mass is 19.1. The van der Waals surface area contributed by atoms with Gasteiger partial charge in [-0.25, -0.2) is 0 Å². The standard InChI is InChI=1S/C21H17FO3/c1-16(22)25-21-13-9-18(10-14-21)17-7-11-20(12-8-17)24-15-23-19-5-3-2-4-6-19/h2-14H,1,15H2. The van der Waals surface area contributed by atoms with Crippen LogP contribution in [0.5, 0.6) is 17.2 Å². The third-order valence-corrected chi connectivity index (χ3v) is 3.46. The minimum Gasteiger partial charge on any atom is -0.458 e. The van der Waals surface area contributed by atoms with E-state index >= 15 is 0 Å². The molecule has 3 aromatic carbocycles. The molecular formula is C21H17FO3. The third kappa shape index (κ3) is 4.85. The van der Waals surface area contributed by atoms with Crippen LogP contribution in [-0.2, 0) is 0 Å². The predicted molar refractivity (Wildman–Crippen MR) is 95.3 cm³/mol. The summed E-state index contributed by atoms with van der Waals surface area (Å²) in [7, 11) is 0. The molecule has 25 heavy (non-hydrogen) atoms. The lowest BCUT2D eigenvalue weighted by molar-refractivity contribution is 0.120. The van der Waals surface area contributed by atoms with Crippen LogP contribution < -0.4 is 14.2 Å². The minimum absolute atomic E-state index is 0.141. The fraction of sp³-hybridized carbons (Fsp3) is 0.0476. The summed E-state index contributed by atoms with van der Waals surface area (Å²) < 4.78 is 28.5. The van der Waals surface area contributed by atoms with Crippen LogP contribution in [0.4, 0.5) is 4.39 Å². The van der Waals surface area contributed by atoms with Crippen molar-refractivity contribution in [1.82, 2.24) is 0 Å². The molecule has 0 aliphatic carbocycles. The van der Waals surface area contributed by atoms with Crippen LogP contribution in [0.15, 0.2) is 91.5 Å². The summed E-state index contributed by atoms with van der Waals surface area (Å²) in [5.74, 6) is 1.89. The molecule has 0 fully saturated rings. The maximum Gasteiger partial charge on any atom is 0.270 e. The van der Waals surface area contributed by atoms with E-state index in [1.54, 1.807) is 12.1 Å². The van der Waals surface area contributed by atoms with Crippen molar-refractivity contribution in [3.8, 4) is 28.4 Å². The Hall–Kier alpha value is -3.27. The van der Waals surface area contributed by atoms with E-state index in [2.05, 4.69) is 6.58 Å². The van der Waals surface area contributed by atoms with Crippen LogP contribution in [0.2, 0.25) is 0 Å². The van der Waals surface area contributed by atoms with E-state index in [4.69, 9.17) is 14.2 Å². The maximum absolute atomic E-state index is 12.6. The summed E-state index contributed by atoms with van der Waals surface area (Å²) in [6.07, 6.45) is 0. The van der Waals surface area contributed by atoms with Gasteiger partial charge in [0.25, 0.3) is 6.01 Å². The number of ether oxygens (including phenoxy) is 3. The van der Waals surface area contributed by atoms with Crippen LogP contribution in [0.25, 0.3) is 11.1 Å². The van der Waals surface area contributed by atoms with Crippen LogP contribution in [0.1, 0.15) is 0 Å². The molecular weight excluding hydrogens is 319 g/mol. The van der Waals surface area contributed by atoms with Crippen molar-refractivity contribution in [3.63, 3.8) is 0 Å². The first kappa shape index (κ1) is 16.6. The van der Waals surface area contributed by atoms with Gasteiger partial charge >= 0.3 is 0 Å². The van der Waals surface area contributed by atoms with Crippen molar-refractivity contribution in [2.75, 3.05) is 6.79 Å². The molecule has 126 valence electrons. The first-order valence-corrected chi connectivity index (χ1v) is 7.74. The average molecular weight is 336 g/mol. The molecule has 0 aromatic heterocycles. The molecule has 3 aromatic rings. The molecule has 0 heterocycles. The van der Waals surface area contributed by atoms with E-state index in [1.807, 2.05) is 66.7 Å². The van der Waals surface area contributed by atoms with Gasteiger partial charge in [0.2, 0.25) is 6.79 Å². The number of hydrogen-bond acceptors (Lipinski definition) is 3. The van der Waals surface area contributed by atoms with Crippen LogP contribution in [0, 0.1) is 0 Å².